The van der Waals surface area contributed by atoms with E-state index in [9.17, 15) is 19.8 Å². The van der Waals surface area contributed by atoms with Crippen molar-refractivity contribution in [3.8, 4) is 22.6 Å². The first-order chi connectivity index (χ1) is 17.9. The van der Waals surface area contributed by atoms with Gasteiger partial charge in [0.15, 0.2) is 13.2 Å². The third kappa shape index (κ3) is 9.79. The van der Waals surface area contributed by atoms with Gasteiger partial charge in [-0.25, -0.2) is 0 Å². The van der Waals surface area contributed by atoms with Crippen molar-refractivity contribution >= 4 is 125 Å². The van der Waals surface area contributed by atoms with Crippen molar-refractivity contribution in [2.75, 3.05) is 39.5 Å². The number of nitrogens with one attached hydrogen (secondary N) is 2. The zero-order valence-corrected chi connectivity index (χ0v) is 30.7. The first kappa shape index (κ1) is 34.7. The summed E-state index contributed by atoms with van der Waals surface area (Å²) in [6, 6.07) is 3.92. The predicted molar refractivity (Wildman–Crippen MR) is 183 cm³/mol. The van der Waals surface area contributed by atoms with Crippen LogP contribution in [0.3, 0.4) is 0 Å². The standard InChI is InChI=1S/C23H25I5N2O8/c1-10-2-13(24)18(20(27)22(10)37-8-16(35)29-4-11(33)6-31)19-14(25)3-15(26)23(21(19)28)38-9-17(36)30-5-12(34)7-32/h2-3,11-12,31-34H,4-9H2,1H3,(H,29,35)(H,30,36). The molecule has 210 valence electrons. The normalized spacial score (nSPS) is 12.6. The highest BCUT2D eigenvalue weighted by molar-refractivity contribution is 14.1. The van der Waals surface area contributed by atoms with E-state index in [0.29, 0.717) is 11.5 Å². The Labute approximate surface area is 288 Å². The fourth-order valence-corrected chi connectivity index (χ4v) is 9.92. The van der Waals surface area contributed by atoms with Crippen LogP contribution in [0.4, 0.5) is 0 Å². The maximum Gasteiger partial charge on any atom is 0.258 e. The molecule has 2 aromatic carbocycles. The number of benzene rings is 2. The average Bonchev–Trinajstić information content (AvgIpc) is 2.86. The van der Waals surface area contributed by atoms with Crippen molar-refractivity contribution in [3.63, 3.8) is 0 Å². The molecule has 2 amide bonds. The lowest BCUT2D eigenvalue weighted by Gasteiger charge is -2.20. The molecule has 2 aromatic rings. The number of hydrogen-bond donors (Lipinski definition) is 6. The van der Waals surface area contributed by atoms with Crippen LogP contribution in [0, 0.1) is 24.8 Å². The second-order valence-corrected chi connectivity index (χ2v) is 13.6. The summed E-state index contributed by atoms with van der Waals surface area (Å²) in [5, 5.41) is 41.7. The van der Waals surface area contributed by atoms with Gasteiger partial charge in [0.05, 0.1) is 36.1 Å². The van der Waals surface area contributed by atoms with E-state index in [2.05, 4.69) is 124 Å². The van der Waals surface area contributed by atoms with Crippen LogP contribution < -0.4 is 20.1 Å². The quantitative estimate of drug-likeness (QED) is 0.167. The molecule has 0 fully saturated rings. The minimum absolute atomic E-state index is 0.0748. The SMILES string of the molecule is Cc1cc(I)c(-c2c(I)cc(I)c(OCC(=O)NCC(O)CO)c2I)c(I)c1OCC(=O)NCC(O)CO. The minimum Gasteiger partial charge on any atom is -0.482 e. The van der Waals surface area contributed by atoms with E-state index in [0.717, 1.165) is 34.5 Å². The smallest absolute Gasteiger partial charge is 0.258 e. The highest BCUT2D eigenvalue weighted by Crippen LogP contribution is 2.45. The number of hydrogen-bond acceptors (Lipinski definition) is 8. The van der Waals surface area contributed by atoms with Crippen molar-refractivity contribution in [2.45, 2.75) is 19.1 Å². The fraction of sp³-hybridized carbons (Fsp3) is 0.391. The highest BCUT2D eigenvalue weighted by atomic mass is 127. The first-order valence-corrected chi connectivity index (χ1v) is 16.3. The van der Waals surface area contributed by atoms with Gasteiger partial charge in [-0.3, -0.25) is 9.59 Å². The number of carbonyl (C=O) groups is 2. The molecule has 2 atom stereocenters. The van der Waals surface area contributed by atoms with E-state index in [1.807, 2.05) is 19.1 Å². The van der Waals surface area contributed by atoms with Gasteiger partial charge < -0.3 is 40.5 Å². The number of carbonyl (C=O) groups excluding carboxylic acids is 2. The Morgan fingerprint density at radius 3 is 1.66 bits per heavy atom. The van der Waals surface area contributed by atoms with Gasteiger partial charge in [-0.15, -0.1) is 0 Å². The van der Waals surface area contributed by atoms with E-state index in [4.69, 9.17) is 19.7 Å². The Bertz CT molecular complexity index is 1080. The fourth-order valence-electron chi connectivity index (χ4n) is 3.03. The van der Waals surface area contributed by atoms with Gasteiger partial charge in [-0.1, -0.05) is 0 Å². The number of aliphatic hydroxyl groups excluding tert-OH is 4. The summed E-state index contributed by atoms with van der Waals surface area (Å²) in [5.41, 5.74) is 2.64. The molecule has 0 spiro atoms. The number of amides is 2. The van der Waals surface area contributed by atoms with Crippen molar-refractivity contribution < 1.29 is 39.5 Å². The van der Waals surface area contributed by atoms with E-state index in [1.165, 1.54) is 0 Å². The predicted octanol–water partition coefficient (Wildman–Crippen LogP) is 2.38. The Hall–Kier alpha value is 0.470. The van der Waals surface area contributed by atoms with Gasteiger partial charge in [0, 0.05) is 31.4 Å². The van der Waals surface area contributed by atoms with E-state index in [1.54, 1.807) is 0 Å². The Morgan fingerprint density at radius 1 is 0.763 bits per heavy atom. The van der Waals surface area contributed by atoms with Crippen molar-refractivity contribution in [1.82, 2.24) is 10.6 Å². The number of halogens is 5. The molecule has 0 saturated heterocycles. The lowest BCUT2D eigenvalue weighted by atomic mass is 10.0. The van der Waals surface area contributed by atoms with Crippen molar-refractivity contribution in [3.05, 3.63) is 35.5 Å². The van der Waals surface area contributed by atoms with Crippen LogP contribution in [-0.2, 0) is 9.59 Å². The molecule has 0 saturated carbocycles. The third-order valence-corrected chi connectivity index (χ3v) is 9.48. The summed E-state index contributed by atoms with van der Waals surface area (Å²) in [6.45, 7) is 0.318. The Kier molecular flexibility index (Phi) is 15.3. The van der Waals surface area contributed by atoms with Crippen LogP contribution >= 0.6 is 113 Å². The van der Waals surface area contributed by atoms with Crippen molar-refractivity contribution in [2.24, 2.45) is 0 Å². The molecule has 38 heavy (non-hydrogen) atoms. The first-order valence-electron chi connectivity index (χ1n) is 10.9. The zero-order chi connectivity index (χ0) is 28.6. The molecule has 0 aromatic heterocycles. The molecule has 0 aliphatic carbocycles. The summed E-state index contributed by atoms with van der Waals surface area (Å²) in [5.74, 6) is 0.236. The summed E-state index contributed by atoms with van der Waals surface area (Å²) in [6.07, 6.45) is -2.07. The van der Waals surface area contributed by atoms with Crippen LogP contribution in [-0.4, -0.2) is 84.0 Å². The summed E-state index contributed by atoms with van der Waals surface area (Å²) in [4.78, 5) is 24.4. The maximum atomic E-state index is 12.2. The summed E-state index contributed by atoms with van der Waals surface area (Å²) in [7, 11) is 0. The zero-order valence-electron chi connectivity index (χ0n) is 19.9. The average molecular weight is 1090 g/mol. The third-order valence-electron chi connectivity index (χ3n) is 4.92. The molecule has 0 aliphatic heterocycles. The van der Waals surface area contributed by atoms with Crippen LogP contribution in [0.2, 0.25) is 0 Å². The maximum absolute atomic E-state index is 12.2. The lowest BCUT2D eigenvalue weighted by Crippen LogP contribution is -2.36. The van der Waals surface area contributed by atoms with Crippen LogP contribution in [0.15, 0.2) is 12.1 Å². The molecule has 0 heterocycles. The molecule has 2 rings (SSSR count). The monoisotopic (exact) mass is 1090 g/mol. The summed E-state index contributed by atoms with van der Waals surface area (Å²) >= 11 is 11.0. The topological polar surface area (TPSA) is 158 Å². The second-order valence-electron chi connectivity index (χ2n) is 7.91. The van der Waals surface area contributed by atoms with E-state index >= 15 is 0 Å². The van der Waals surface area contributed by atoms with E-state index in [-0.39, 0.29) is 26.3 Å². The van der Waals surface area contributed by atoms with Crippen molar-refractivity contribution in [1.29, 1.82) is 0 Å². The Morgan fingerprint density at radius 2 is 1.18 bits per heavy atom. The van der Waals surface area contributed by atoms with Crippen LogP contribution in [0.1, 0.15) is 5.56 Å². The highest BCUT2D eigenvalue weighted by Gasteiger charge is 2.24. The van der Waals surface area contributed by atoms with Gasteiger partial charge in [-0.2, -0.15) is 0 Å². The summed E-state index contributed by atoms with van der Waals surface area (Å²) < 4.78 is 16.1. The second kappa shape index (κ2) is 16.8. The molecular formula is C23H25I5N2O8. The van der Waals surface area contributed by atoms with Gasteiger partial charge in [0.1, 0.15) is 11.5 Å². The minimum atomic E-state index is -1.04. The molecule has 15 heteroatoms. The van der Waals surface area contributed by atoms with E-state index < -0.39 is 37.2 Å². The number of rotatable bonds is 13. The molecule has 10 nitrogen and oxygen atoms in total. The number of aryl methyl sites for hydroxylation is 1. The number of ether oxygens (including phenoxy) is 2. The Balaban J connectivity index is 2.35. The lowest BCUT2D eigenvalue weighted by molar-refractivity contribution is -0.124. The molecule has 0 radical (unpaired) electrons. The largest absolute Gasteiger partial charge is 0.482 e. The molecule has 6 N–H and O–H groups in total. The molecule has 0 bridgehead atoms. The van der Waals surface area contributed by atoms with Gasteiger partial charge in [0.25, 0.3) is 11.8 Å². The van der Waals surface area contributed by atoms with Crippen LogP contribution in [0.5, 0.6) is 11.5 Å². The van der Waals surface area contributed by atoms with Gasteiger partial charge >= 0.3 is 0 Å². The van der Waals surface area contributed by atoms with Gasteiger partial charge in [-0.05, 0) is 138 Å². The van der Waals surface area contributed by atoms with Gasteiger partial charge in [0.2, 0.25) is 0 Å². The molecular weight excluding hydrogens is 1070 g/mol. The molecule has 2 unspecified atom stereocenters. The number of aliphatic hydroxyl groups is 4. The van der Waals surface area contributed by atoms with Crippen LogP contribution in [0.25, 0.3) is 11.1 Å². The molecule has 0 aliphatic rings.